The van der Waals surface area contributed by atoms with Crippen molar-refractivity contribution >= 4 is 28.0 Å². The van der Waals surface area contributed by atoms with Gasteiger partial charge in [0.15, 0.2) is 0 Å². The third-order valence-electron chi connectivity index (χ3n) is 2.53. The molecular formula is C12H18N4S2. The number of hydrogen-bond acceptors (Lipinski definition) is 6. The second-order valence-electron chi connectivity index (χ2n) is 5.33. The number of nitrogens with zero attached hydrogens (tertiary/aromatic N) is 3. The summed E-state index contributed by atoms with van der Waals surface area (Å²) in [5, 5.41) is 7.42. The van der Waals surface area contributed by atoms with Gasteiger partial charge in [-0.15, -0.1) is 11.3 Å². The lowest BCUT2D eigenvalue weighted by Crippen LogP contribution is -2.13. The van der Waals surface area contributed by atoms with E-state index in [4.69, 9.17) is 4.98 Å². The highest BCUT2D eigenvalue weighted by Crippen LogP contribution is 2.28. The summed E-state index contributed by atoms with van der Waals surface area (Å²) in [5.41, 5.74) is 1.25. The molecule has 0 spiro atoms. The van der Waals surface area contributed by atoms with Crippen molar-refractivity contribution < 1.29 is 0 Å². The summed E-state index contributed by atoms with van der Waals surface area (Å²) in [7, 11) is 0. The highest BCUT2D eigenvalue weighted by molar-refractivity contribution is 7.10. The highest BCUT2D eigenvalue weighted by atomic mass is 32.1. The topological polar surface area (TPSA) is 50.7 Å². The molecule has 1 N–H and O–H groups in total. The van der Waals surface area contributed by atoms with Gasteiger partial charge in [-0.1, -0.05) is 20.8 Å². The van der Waals surface area contributed by atoms with Gasteiger partial charge in [0.05, 0.1) is 11.7 Å². The molecule has 98 valence electrons. The van der Waals surface area contributed by atoms with Crippen LogP contribution in [-0.2, 0) is 5.41 Å². The molecule has 2 aromatic rings. The van der Waals surface area contributed by atoms with Gasteiger partial charge in [0, 0.05) is 22.3 Å². The third kappa shape index (κ3) is 3.05. The number of rotatable bonds is 3. The minimum Gasteiger partial charge on any atom is -0.351 e. The smallest absolute Gasteiger partial charge is 0.203 e. The Labute approximate surface area is 116 Å². The van der Waals surface area contributed by atoms with E-state index in [1.165, 1.54) is 11.5 Å². The van der Waals surface area contributed by atoms with Crippen molar-refractivity contribution in [3.05, 3.63) is 21.9 Å². The van der Waals surface area contributed by atoms with Gasteiger partial charge < -0.3 is 5.32 Å². The molecule has 0 radical (unpaired) electrons. The van der Waals surface area contributed by atoms with E-state index in [9.17, 15) is 0 Å². The van der Waals surface area contributed by atoms with Crippen LogP contribution in [0.3, 0.4) is 0 Å². The van der Waals surface area contributed by atoms with Gasteiger partial charge in [-0.2, -0.15) is 4.37 Å². The van der Waals surface area contributed by atoms with Crippen LogP contribution >= 0.6 is 22.9 Å². The van der Waals surface area contributed by atoms with E-state index in [0.717, 1.165) is 21.7 Å². The summed E-state index contributed by atoms with van der Waals surface area (Å²) in [6, 6.07) is 0.165. The number of hydrogen-bond donors (Lipinski definition) is 1. The van der Waals surface area contributed by atoms with E-state index >= 15 is 0 Å². The van der Waals surface area contributed by atoms with Crippen molar-refractivity contribution in [3.63, 3.8) is 0 Å². The molecule has 0 aliphatic carbocycles. The number of anilines is 1. The molecule has 1 unspecified atom stereocenters. The van der Waals surface area contributed by atoms with E-state index in [1.807, 2.05) is 6.92 Å². The Morgan fingerprint density at radius 3 is 2.50 bits per heavy atom. The largest absolute Gasteiger partial charge is 0.351 e. The van der Waals surface area contributed by atoms with E-state index in [-0.39, 0.29) is 11.5 Å². The van der Waals surface area contributed by atoms with Crippen LogP contribution in [0.4, 0.5) is 5.13 Å². The second kappa shape index (κ2) is 4.93. The molecule has 0 saturated carbocycles. The van der Waals surface area contributed by atoms with E-state index in [2.05, 4.69) is 47.7 Å². The highest BCUT2D eigenvalue weighted by Gasteiger charge is 2.19. The lowest BCUT2D eigenvalue weighted by atomic mass is 9.93. The first-order valence-corrected chi connectivity index (χ1v) is 7.54. The van der Waals surface area contributed by atoms with Gasteiger partial charge in [0.2, 0.25) is 5.13 Å². The Morgan fingerprint density at radius 2 is 2.00 bits per heavy atom. The van der Waals surface area contributed by atoms with E-state index in [0.29, 0.717) is 0 Å². The molecule has 2 rings (SSSR count). The molecule has 2 heterocycles. The third-order valence-corrected chi connectivity index (χ3v) is 4.29. The Kier molecular flexibility index (Phi) is 3.68. The normalized spacial score (nSPS) is 13.6. The van der Waals surface area contributed by atoms with Crippen LogP contribution in [0.15, 0.2) is 5.38 Å². The molecule has 0 aromatic carbocycles. The molecule has 0 bridgehead atoms. The summed E-state index contributed by atoms with van der Waals surface area (Å²) in [5.74, 6) is 0.809. The molecule has 4 nitrogen and oxygen atoms in total. The first kappa shape index (κ1) is 13.4. The van der Waals surface area contributed by atoms with E-state index in [1.54, 1.807) is 11.3 Å². The van der Waals surface area contributed by atoms with Gasteiger partial charge in [-0.25, -0.2) is 9.97 Å². The zero-order valence-corrected chi connectivity index (χ0v) is 12.9. The van der Waals surface area contributed by atoms with Gasteiger partial charge in [-0.3, -0.25) is 0 Å². The molecule has 0 aliphatic rings. The van der Waals surface area contributed by atoms with Crippen LogP contribution in [0.2, 0.25) is 0 Å². The molecule has 6 heteroatoms. The van der Waals surface area contributed by atoms with Crippen LogP contribution < -0.4 is 5.32 Å². The predicted molar refractivity (Wildman–Crippen MR) is 77.5 cm³/mol. The summed E-state index contributed by atoms with van der Waals surface area (Å²) < 4.78 is 4.16. The zero-order valence-electron chi connectivity index (χ0n) is 11.3. The molecule has 0 amide bonds. The zero-order chi connectivity index (χ0) is 13.3. The van der Waals surface area contributed by atoms with Crippen LogP contribution in [-0.4, -0.2) is 14.3 Å². The molecular weight excluding hydrogens is 264 g/mol. The second-order valence-corrected chi connectivity index (χ2v) is 6.98. The fraction of sp³-hybridized carbons (Fsp3) is 0.583. The average Bonchev–Trinajstić information content (AvgIpc) is 2.85. The van der Waals surface area contributed by atoms with Crippen LogP contribution in [0.5, 0.6) is 0 Å². The number of thiazole rings is 1. The minimum absolute atomic E-state index is 0.105. The SMILES string of the molecule is Cc1nsc(NC(C)c2nc(C(C)(C)C)cs2)n1. The van der Waals surface area contributed by atoms with Gasteiger partial charge in [0.25, 0.3) is 0 Å². The first-order chi connectivity index (χ1) is 8.36. The monoisotopic (exact) mass is 282 g/mol. The number of aromatic nitrogens is 3. The van der Waals surface area contributed by atoms with Gasteiger partial charge in [0.1, 0.15) is 10.8 Å². The number of aryl methyl sites for hydroxylation is 1. The molecule has 18 heavy (non-hydrogen) atoms. The van der Waals surface area contributed by atoms with Crippen molar-refractivity contribution in [2.75, 3.05) is 5.32 Å². The maximum Gasteiger partial charge on any atom is 0.203 e. The Balaban J connectivity index is 2.09. The summed E-state index contributed by atoms with van der Waals surface area (Å²) in [6.07, 6.45) is 0. The molecule has 0 fully saturated rings. The van der Waals surface area contributed by atoms with Crippen molar-refractivity contribution in [3.8, 4) is 0 Å². The lowest BCUT2D eigenvalue weighted by molar-refractivity contribution is 0.569. The number of nitrogens with one attached hydrogen (secondary N) is 1. The van der Waals surface area contributed by atoms with Crippen molar-refractivity contribution in [2.24, 2.45) is 0 Å². The van der Waals surface area contributed by atoms with Crippen molar-refractivity contribution in [2.45, 2.75) is 46.1 Å². The van der Waals surface area contributed by atoms with Crippen molar-refractivity contribution in [1.29, 1.82) is 0 Å². The quantitative estimate of drug-likeness (QED) is 0.931. The van der Waals surface area contributed by atoms with Gasteiger partial charge in [-0.05, 0) is 13.8 Å². The summed E-state index contributed by atoms with van der Waals surface area (Å²) >= 11 is 3.08. The Bertz CT molecular complexity index is 524. The minimum atomic E-state index is 0.105. The molecule has 0 saturated heterocycles. The Morgan fingerprint density at radius 1 is 1.28 bits per heavy atom. The summed E-state index contributed by atoms with van der Waals surface area (Å²) in [6.45, 7) is 10.5. The van der Waals surface area contributed by atoms with Crippen LogP contribution in [0, 0.1) is 6.92 Å². The fourth-order valence-corrected chi connectivity index (χ4v) is 3.15. The molecule has 0 aliphatic heterocycles. The molecule has 1 atom stereocenters. The van der Waals surface area contributed by atoms with Crippen LogP contribution in [0.1, 0.15) is 50.3 Å². The lowest BCUT2D eigenvalue weighted by Gasteiger charge is -2.15. The maximum atomic E-state index is 4.70. The Hall–Kier alpha value is -1.01. The fourth-order valence-electron chi connectivity index (χ4n) is 1.43. The average molecular weight is 282 g/mol. The summed E-state index contributed by atoms with van der Waals surface area (Å²) in [4.78, 5) is 9.00. The first-order valence-electron chi connectivity index (χ1n) is 5.89. The predicted octanol–water partition coefficient (Wildman–Crippen LogP) is 3.77. The van der Waals surface area contributed by atoms with E-state index < -0.39 is 0 Å². The van der Waals surface area contributed by atoms with Crippen molar-refractivity contribution in [1.82, 2.24) is 14.3 Å². The molecule has 2 aromatic heterocycles. The standard InChI is InChI=1S/C12H18N4S2/c1-7(13-11-14-8(2)16-18-11)10-15-9(6-17-10)12(3,4)5/h6-7H,1-5H3,(H,13,14,16). The van der Waals surface area contributed by atoms with Crippen LogP contribution in [0.25, 0.3) is 0 Å². The maximum absolute atomic E-state index is 4.70. The van der Waals surface area contributed by atoms with Gasteiger partial charge >= 0.3 is 0 Å².